The monoisotopic (exact) mass is 291 g/mol. The van der Waals surface area contributed by atoms with Crippen molar-refractivity contribution in [3.63, 3.8) is 0 Å². The van der Waals surface area contributed by atoms with Gasteiger partial charge in [-0.3, -0.25) is 0 Å². The van der Waals surface area contributed by atoms with E-state index in [0.29, 0.717) is 6.54 Å². The predicted molar refractivity (Wildman–Crippen MR) is 80.6 cm³/mol. The van der Waals surface area contributed by atoms with Crippen molar-refractivity contribution in [3.05, 3.63) is 45.5 Å². The summed E-state index contributed by atoms with van der Waals surface area (Å²) in [5.74, 6) is 0.638. The summed E-state index contributed by atoms with van der Waals surface area (Å²) < 4.78 is 13.4. The Balaban J connectivity index is 1.86. The highest BCUT2D eigenvalue weighted by atomic mass is 32.1. The number of rotatable bonds is 4. The van der Waals surface area contributed by atoms with Gasteiger partial charge in [0.2, 0.25) is 0 Å². The fourth-order valence-electron chi connectivity index (χ4n) is 2.58. The number of halogens is 1. The third-order valence-corrected chi connectivity index (χ3v) is 4.61. The van der Waals surface area contributed by atoms with Crippen LogP contribution < -0.4 is 10.2 Å². The third kappa shape index (κ3) is 2.69. The fourth-order valence-corrected chi connectivity index (χ4v) is 3.47. The van der Waals surface area contributed by atoms with Crippen molar-refractivity contribution in [2.45, 2.75) is 26.4 Å². The maximum absolute atomic E-state index is 13.4. The molecule has 3 heterocycles. The van der Waals surface area contributed by atoms with Crippen LogP contribution in [0, 0.1) is 5.82 Å². The van der Waals surface area contributed by atoms with E-state index < -0.39 is 0 Å². The lowest BCUT2D eigenvalue weighted by Crippen LogP contribution is -2.31. The van der Waals surface area contributed by atoms with E-state index in [0.717, 1.165) is 37.4 Å². The van der Waals surface area contributed by atoms with E-state index in [1.807, 2.05) is 18.3 Å². The van der Waals surface area contributed by atoms with Gasteiger partial charge in [-0.25, -0.2) is 9.37 Å². The number of nitrogens with one attached hydrogen (secondary N) is 1. The number of pyridine rings is 1. The molecular formula is C15H18FN3S. The van der Waals surface area contributed by atoms with Crippen molar-refractivity contribution in [2.75, 3.05) is 18.0 Å². The van der Waals surface area contributed by atoms with Crippen LogP contribution in [0.5, 0.6) is 0 Å². The minimum Gasteiger partial charge on any atom is -0.352 e. The summed E-state index contributed by atoms with van der Waals surface area (Å²) in [6.45, 7) is 5.39. The number of fused-ring (bicyclic) bond motifs is 1. The highest BCUT2D eigenvalue weighted by Gasteiger charge is 2.20. The molecule has 0 atom stereocenters. The van der Waals surface area contributed by atoms with Gasteiger partial charge in [0.25, 0.3) is 0 Å². The maximum Gasteiger partial charge on any atom is 0.141 e. The molecule has 0 fully saturated rings. The lowest BCUT2D eigenvalue weighted by Gasteiger charge is -2.29. The van der Waals surface area contributed by atoms with Crippen LogP contribution in [0.4, 0.5) is 10.2 Å². The van der Waals surface area contributed by atoms with Gasteiger partial charge < -0.3 is 10.2 Å². The van der Waals surface area contributed by atoms with Crippen LogP contribution in [0.1, 0.15) is 22.9 Å². The third-order valence-electron chi connectivity index (χ3n) is 3.58. The van der Waals surface area contributed by atoms with Crippen molar-refractivity contribution in [1.82, 2.24) is 10.3 Å². The highest BCUT2D eigenvalue weighted by molar-refractivity contribution is 7.10. The van der Waals surface area contributed by atoms with E-state index in [1.165, 1.54) is 16.6 Å². The Bertz CT molecular complexity index is 597. The van der Waals surface area contributed by atoms with Crippen molar-refractivity contribution in [2.24, 2.45) is 0 Å². The molecule has 3 nitrogen and oxygen atoms in total. The second-order valence-corrected chi connectivity index (χ2v) is 5.96. The van der Waals surface area contributed by atoms with Crippen LogP contribution in [0.3, 0.4) is 0 Å². The molecule has 5 heteroatoms. The van der Waals surface area contributed by atoms with Crippen LogP contribution in [0.25, 0.3) is 0 Å². The first kappa shape index (κ1) is 13.5. The molecule has 0 bridgehead atoms. The van der Waals surface area contributed by atoms with Gasteiger partial charge in [0.05, 0.1) is 6.20 Å². The molecule has 3 rings (SSSR count). The summed E-state index contributed by atoms with van der Waals surface area (Å²) in [6.07, 6.45) is 2.36. The number of hydrogen-bond donors (Lipinski definition) is 1. The van der Waals surface area contributed by atoms with E-state index in [2.05, 4.69) is 26.6 Å². The average Bonchev–Trinajstić information content (AvgIpc) is 2.92. The molecule has 0 unspecified atom stereocenters. The minimum absolute atomic E-state index is 0.269. The van der Waals surface area contributed by atoms with Crippen LogP contribution in [-0.2, 0) is 19.5 Å². The number of hydrogen-bond acceptors (Lipinski definition) is 4. The predicted octanol–water partition coefficient (Wildman–Crippen LogP) is 2.95. The molecule has 1 aliphatic heterocycles. The van der Waals surface area contributed by atoms with Gasteiger partial charge in [-0.1, -0.05) is 6.92 Å². The van der Waals surface area contributed by atoms with E-state index in [1.54, 1.807) is 6.07 Å². The zero-order valence-corrected chi connectivity index (χ0v) is 12.3. The minimum atomic E-state index is -0.269. The second-order valence-electron chi connectivity index (χ2n) is 4.96. The smallest absolute Gasteiger partial charge is 0.141 e. The molecule has 0 spiro atoms. The molecule has 0 aliphatic carbocycles. The molecule has 0 amide bonds. The number of nitrogens with zero attached hydrogens (tertiary/aromatic N) is 2. The van der Waals surface area contributed by atoms with Crippen LogP contribution in [0.15, 0.2) is 23.7 Å². The van der Waals surface area contributed by atoms with Crippen LogP contribution in [-0.4, -0.2) is 18.1 Å². The first-order valence-electron chi connectivity index (χ1n) is 6.93. The Hall–Kier alpha value is -1.46. The molecule has 2 aromatic heterocycles. The SMILES string of the molecule is CCNCc1cc(F)cnc1N1CCc2sccc2C1. The quantitative estimate of drug-likeness (QED) is 0.938. The largest absolute Gasteiger partial charge is 0.352 e. The Labute approximate surface area is 122 Å². The lowest BCUT2D eigenvalue weighted by molar-refractivity contribution is 0.610. The number of anilines is 1. The topological polar surface area (TPSA) is 28.2 Å². The molecule has 1 N–H and O–H groups in total. The Morgan fingerprint density at radius 3 is 3.25 bits per heavy atom. The molecule has 0 radical (unpaired) electrons. The molecule has 0 saturated heterocycles. The van der Waals surface area contributed by atoms with Crippen LogP contribution >= 0.6 is 11.3 Å². The van der Waals surface area contributed by atoms with Gasteiger partial charge in [0, 0.05) is 30.1 Å². The first-order valence-corrected chi connectivity index (χ1v) is 7.81. The normalized spacial score (nSPS) is 14.4. The van der Waals surface area contributed by atoms with Crippen molar-refractivity contribution >= 4 is 17.2 Å². The van der Waals surface area contributed by atoms with Gasteiger partial charge in [0.15, 0.2) is 0 Å². The molecule has 1 aliphatic rings. The average molecular weight is 291 g/mol. The van der Waals surface area contributed by atoms with Gasteiger partial charge in [-0.15, -0.1) is 11.3 Å². The van der Waals surface area contributed by atoms with Crippen molar-refractivity contribution in [1.29, 1.82) is 0 Å². The number of thiophene rings is 1. The summed E-state index contributed by atoms with van der Waals surface area (Å²) in [5.41, 5.74) is 2.31. The van der Waals surface area contributed by atoms with Crippen LogP contribution in [0.2, 0.25) is 0 Å². The summed E-state index contributed by atoms with van der Waals surface area (Å²) >= 11 is 1.82. The van der Waals surface area contributed by atoms with Gasteiger partial charge in [-0.2, -0.15) is 0 Å². The van der Waals surface area contributed by atoms with Crippen molar-refractivity contribution < 1.29 is 4.39 Å². The Kier molecular flexibility index (Phi) is 3.98. The van der Waals surface area contributed by atoms with E-state index in [9.17, 15) is 4.39 Å². The molecule has 0 aromatic carbocycles. The van der Waals surface area contributed by atoms with E-state index >= 15 is 0 Å². The summed E-state index contributed by atoms with van der Waals surface area (Å²) in [5, 5.41) is 5.40. The summed E-state index contributed by atoms with van der Waals surface area (Å²) in [4.78, 5) is 8.05. The molecule has 2 aromatic rings. The van der Waals surface area contributed by atoms with Gasteiger partial charge >= 0.3 is 0 Å². The Morgan fingerprint density at radius 1 is 1.50 bits per heavy atom. The molecular weight excluding hydrogens is 273 g/mol. The summed E-state index contributed by atoms with van der Waals surface area (Å²) in [6, 6.07) is 3.77. The second kappa shape index (κ2) is 5.89. The molecule has 0 saturated carbocycles. The van der Waals surface area contributed by atoms with Crippen molar-refractivity contribution in [3.8, 4) is 0 Å². The maximum atomic E-state index is 13.4. The molecule has 106 valence electrons. The zero-order valence-electron chi connectivity index (χ0n) is 11.5. The first-order chi connectivity index (χ1) is 9.78. The number of aromatic nitrogens is 1. The highest BCUT2D eigenvalue weighted by Crippen LogP contribution is 2.28. The zero-order chi connectivity index (χ0) is 13.9. The lowest BCUT2D eigenvalue weighted by atomic mass is 10.1. The van der Waals surface area contributed by atoms with Gasteiger partial charge in [-0.05, 0) is 36.0 Å². The van der Waals surface area contributed by atoms with E-state index in [4.69, 9.17) is 0 Å². The van der Waals surface area contributed by atoms with Gasteiger partial charge in [0.1, 0.15) is 11.6 Å². The Morgan fingerprint density at radius 2 is 2.40 bits per heavy atom. The van der Waals surface area contributed by atoms with E-state index in [-0.39, 0.29) is 5.82 Å². The standard InChI is InChI=1S/C15H18FN3S/c1-2-17-8-12-7-13(16)9-18-15(12)19-5-3-14-11(10-19)4-6-20-14/h4,6-7,9,17H,2-3,5,8,10H2,1H3. The molecule has 20 heavy (non-hydrogen) atoms. The fraction of sp³-hybridized carbons (Fsp3) is 0.400. The summed E-state index contributed by atoms with van der Waals surface area (Å²) in [7, 11) is 0.